The minimum atomic E-state index is -0.762. The lowest BCUT2D eigenvalue weighted by molar-refractivity contribution is -0.150. The number of carboxylic acids is 1. The van der Waals surface area contributed by atoms with Crippen LogP contribution in [0.15, 0.2) is 5.51 Å². The van der Waals surface area contributed by atoms with Gasteiger partial charge in [0.05, 0.1) is 12.0 Å². The summed E-state index contributed by atoms with van der Waals surface area (Å²) in [6, 6.07) is 0. The molecule has 2 aliphatic heterocycles. The monoisotopic (exact) mass is 353 g/mol. The zero-order chi connectivity index (χ0) is 17.3. The fraction of sp³-hybridized carbons (Fsp3) is 0.733. The maximum absolute atomic E-state index is 12.1. The number of anilines is 1. The molecule has 0 unspecified atom stereocenters. The maximum Gasteiger partial charge on any atom is 0.311 e. The molecule has 2 saturated heterocycles. The van der Waals surface area contributed by atoms with Gasteiger partial charge in [-0.2, -0.15) is 0 Å². The quantitative estimate of drug-likeness (QED) is 0.829. The highest BCUT2D eigenvalue weighted by molar-refractivity contribution is 7.13. The molecular weight excluding hydrogens is 330 g/mol. The molecule has 0 aromatic carbocycles. The van der Waals surface area contributed by atoms with Gasteiger partial charge in [-0.15, -0.1) is 10.2 Å². The van der Waals surface area contributed by atoms with E-state index in [0.29, 0.717) is 32.6 Å². The van der Waals surface area contributed by atoms with Crippen LogP contribution in [0.1, 0.15) is 12.8 Å². The van der Waals surface area contributed by atoms with Crippen molar-refractivity contribution in [2.75, 3.05) is 51.7 Å². The SMILES string of the molecule is CN(C)C(=O)CN1CCC[C@]2(C(=O)O)CN(c3nncs3)C[C@@H]2C1. The number of aromatic nitrogens is 2. The predicted molar refractivity (Wildman–Crippen MR) is 90.0 cm³/mol. The van der Waals surface area contributed by atoms with Crippen molar-refractivity contribution in [1.29, 1.82) is 0 Å². The first-order valence-corrected chi connectivity index (χ1v) is 8.97. The fourth-order valence-electron chi connectivity index (χ4n) is 3.79. The van der Waals surface area contributed by atoms with E-state index < -0.39 is 11.4 Å². The normalized spacial score (nSPS) is 27.6. The summed E-state index contributed by atoms with van der Waals surface area (Å²) in [5.74, 6) is -0.700. The molecule has 24 heavy (non-hydrogen) atoms. The molecule has 0 spiro atoms. The molecule has 2 fully saturated rings. The first-order valence-electron chi connectivity index (χ1n) is 8.09. The van der Waals surface area contributed by atoms with Gasteiger partial charge in [0.1, 0.15) is 5.51 Å². The Morgan fingerprint density at radius 1 is 1.46 bits per heavy atom. The van der Waals surface area contributed by atoms with Crippen molar-refractivity contribution in [3.05, 3.63) is 5.51 Å². The van der Waals surface area contributed by atoms with Crippen LogP contribution in [0.4, 0.5) is 5.13 Å². The van der Waals surface area contributed by atoms with Gasteiger partial charge >= 0.3 is 5.97 Å². The second-order valence-electron chi connectivity index (χ2n) is 6.89. The van der Waals surface area contributed by atoms with Crippen LogP contribution in [0.2, 0.25) is 0 Å². The Morgan fingerprint density at radius 3 is 2.88 bits per heavy atom. The smallest absolute Gasteiger partial charge is 0.311 e. The molecule has 1 aromatic heterocycles. The molecule has 0 aliphatic carbocycles. The molecule has 132 valence electrons. The molecule has 0 bridgehead atoms. The van der Waals surface area contributed by atoms with Crippen molar-refractivity contribution < 1.29 is 14.7 Å². The van der Waals surface area contributed by atoms with E-state index in [4.69, 9.17) is 0 Å². The standard InChI is InChI=1S/C15H23N5O3S/c1-18(2)12(21)8-19-5-3-4-15(13(22)23)9-20(7-11(15)6-19)14-17-16-10-24-14/h10-11H,3-9H2,1-2H3,(H,22,23)/t11-,15-/m0/s1. The summed E-state index contributed by atoms with van der Waals surface area (Å²) >= 11 is 1.43. The number of likely N-dealkylation sites (tertiary alicyclic amines) is 1. The van der Waals surface area contributed by atoms with Gasteiger partial charge in [-0.05, 0) is 19.4 Å². The van der Waals surface area contributed by atoms with Crippen molar-refractivity contribution in [1.82, 2.24) is 20.0 Å². The Bertz CT molecular complexity index is 608. The molecule has 0 radical (unpaired) electrons. The topological polar surface area (TPSA) is 89.9 Å². The lowest BCUT2D eigenvalue weighted by Gasteiger charge is -2.29. The van der Waals surface area contributed by atoms with E-state index in [2.05, 4.69) is 15.1 Å². The zero-order valence-electron chi connectivity index (χ0n) is 14.0. The molecule has 1 amide bonds. The highest BCUT2D eigenvalue weighted by Gasteiger charge is 2.54. The summed E-state index contributed by atoms with van der Waals surface area (Å²) in [6.45, 7) is 2.86. The second-order valence-corrected chi connectivity index (χ2v) is 7.70. The Hall–Kier alpha value is -1.74. The summed E-state index contributed by atoms with van der Waals surface area (Å²) < 4.78 is 0. The lowest BCUT2D eigenvalue weighted by atomic mass is 9.75. The summed E-state index contributed by atoms with van der Waals surface area (Å²) in [6.07, 6.45) is 1.42. The highest BCUT2D eigenvalue weighted by Crippen LogP contribution is 2.44. The Balaban J connectivity index is 1.79. The van der Waals surface area contributed by atoms with Crippen molar-refractivity contribution in [3.8, 4) is 0 Å². The van der Waals surface area contributed by atoms with Crippen LogP contribution < -0.4 is 4.90 Å². The van der Waals surface area contributed by atoms with E-state index in [0.717, 1.165) is 18.1 Å². The number of hydrogen-bond donors (Lipinski definition) is 1. The Labute approximate surface area is 145 Å². The van der Waals surface area contributed by atoms with Gasteiger partial charge in [0.15, 0.2) is 0 Å². The van der Waals surface area contributed by atoms with Gasteiger partial charge in [-0.25, -0.2) is 0 Å². The third kappa shape index (κ3) is 3.10. The van der Waals surface area contributed by atoms with Crippen molar-refractivity contribution in [2.45, 2.75) is 12.8 Å². The molecule has 9 heteroatoms. The van der Waals surface area contributed by atoms with Crippen LogP contribution in [0, 0.1) is 11.3 Å². The lowest BCUT2D eigenvalue weighted by Crippen LogP contribution is -2.43. The number of carbonyl (C=O) groups is 2. The summed E-state index contributed by atoms with van der Waals surface area (Å²) in [5, 5.41) is 18.7. The summed E-state index contributed by atoms with van der Waals surface area (Å²) in [7, 11) is 3.49. The molecule has 2 aliphatic rings. The number of nitrogens with zero attached hydrogens (tertiary/aromatic N) is 5. The molecule has 3 heterocycles. The van der Waals surface area contributed by atoms with Crippen molar-refractivity contribution in [2.24, 2.45) is 11.3 Å². The molecule has 1 aromatic rings. The number of likely N-dealkylation sites (N-methyl/N-ethyl adjacent to an activating group) is 1. The van der Waals surface area contributed by atoms with Crippen LogP contribution in [-0.4, -0.2) is 83.8 Å². The van der Waals surface area contributed by atoms with E-state index in [1.165, 1.54) is 11.3 Å². The first kappa shape index (κ1) is 17.1. The third-order valence-electron chi connectivity index (χ3n) is 5.17. The van der Waals surface area contributed by atoms with E-state index in [1.807, 2.05) is 4.90 Å². The van der Waals surface area contributed by atoms with Crippen LogP contribution >= 0.6 is 11.3 Å². The molecule has 3 rings (SSSR count). The van der Waals surface area contributed by atoms with Crippen LogP contribution in [0.5, 0.6) is 0 Å². The predicted octanol–water partition coefficient (Wildman–Crippen LogP) is 0.229. The number of amides is 1. The largest absolute Gasteiger partial charge is 0.481 e. The number of rotatable bonds is 4. The number of carboxylic acid groups (broad SMARTS) is 1. The number of carbonyl (C=O) groups excluding carboxylic acids is 1. The van der Waals surface area contributed by atoms with Crippen LogP contribution in [0.3, 0.4) is 0 Å². The molecule has 1 N–H and O–H groups in total. The van der Waals surface area contributed by atoms with E-state index >= 15 is 0 Å². The van der Waals surface area contributed by atoms with Gasteiger partial charge in [0.2, 0.25) is 11.0 Å². The molecule has 2 atom stereocenters. The highest BCUT2D eigenvalue weighted by atomic mass is 32.1. The minimum Gasteiger partial charge on any atom is -0.481 e. The Morgan fingerprint density at radius 2 is 2.25 bits per heavy atom. The van der Waals surface area contributed by atoms with Gasteiger partial charge in [0.25, 0.3) is 0 Å². The number of fused-ring (bicyclic) bond motifs is 1. The fourth-order valence-corrected chi connectivity index (χ4v) is 4.36. The van der Waals surface area contributed by atoms with Gasteiger partial charge in [-0.3, -0.25) is 14.5 Å². The Kier molecular flexibility index (Phi) is 4.73. The van der Waals surface area contributed by atoms with E-state index in [1.54, 1.807) is 24.5 Å². The number of hydrogen-bond acceptors (Lipinski definition) is 7. The van der Waals surface area contributed by atoms with Crippen molar-refractivity contribution in [3.63, 3.8) is 0 Å². The molecular formula is C15H23N5O3S. The van der Waals surface area contributed by atoms with E-state index in [9.17, 15) is 14.7 Å². The number of aliphatic carboxylic acids is 1. The van der Waals surface area contributed by atoms with Gasteiger partial charge in [-0.1, -0.05) is 11.3 Å². The average molecular weight is 353 g/mol. The zero-order valence-corrected chi connectivity index (χ0v) is 14.8. The van der Waals surface area contributed by atoms with E-state index in [-0.39, 0.29) is 11.8 Å². The van der Waals surface area contributed by atoms with Gasteiger partial charge < -0.3 is 14.9 Å². The molecule has 8 nitrogen and oxygen atoms in total. The van der Waals surface area contributed by atoms with Crippen LogP contribution in [-0.2, 0) is 9.59 Å². The summed E-state index contributed by atoms with van der Waals surface area (Å²) in [5.41, 5.74) is 0.903. The third-order valence-corrected chi connectivity index (χ3v) is 5.92. The van der Waals surface area contributed by atoms with Crippen molar-refractivity contribution >= 4 is 28.3 Å². The minimum absolute atomic E-state index is 0.0173. The van der Waals surface area contributed by atoms with Crippen LogP contribution in [0.25, 0.3) is 0 Å². The van der Waals surface area contributed by atoms with Gasteiger partial charge in [0, 0.05) is 39.6 Å². The summed E-state index contributed by atoms with van der Waals surface area (Å²) in [4.78, 5) is 29.8. The molecule has 0 saturated carbocycles. The average Bonchev–Trinajstić information content (AvgIpc) is 3.13. The second kappa shape index (κ2) is 6.64. The first-order chi connectivity index (χ1) is 11.4. The maximum atomic E-state index is 12.1.